The van der Waals surface area contributed by atoms with Crippen LogP contribution in [0, 0.1) is 5.92 Å². The van der Waals surface area contributed by atoms with Gasteiger partial charge in [0.15, 0.2) is 5.78 Å². The molecule has 0 bridgehead atoms. The summed E-state index contributed by atoms with van der Waals surface area (Å²) in [5.41, 5.74) is 3.33. The van der Waals surface area contributed by atoms with Gasteiger partial charge in [-0.3, -0.25) is 4.79 Å². The average Bonchev–Trinajstić information content (AvgIpc) is 2.94. The summed E-state index contributed by atoms with van der Waals surface area (Å²) in [5, 5.41) is 0. The van der Waals surface area contributed by atoms with Gasteiger partial charge in [-0.2, -0.15) is 0 Å². The Morgan fingerprint density at radius 3 is 2.35 bits per heavy atom. The van der Waals surface area contributed by atoms with Crippen molar-refractivity contribution in [2.24, 2.45) is 5.92 Å². The first-order valence-corrected chi connectivity index (χ1v) is 15.0. The normalized spacial score (nSPS) is 19.8. The Balaban J connectivity index is 1.58. The smallest absolute Gasteiger partial charge is 0.200 e. The Morgan fingerprint density at radius 2 is 1.68 bits per heavy atom. The fraction of sp³-hybridized carbons (Fsp3) is 0.618. The summed E-state index contributed by atoms with van der Waals surface area (Å²) in [6.07, 6.45) is 15.5. The molecule has 0 aliphatic heterocycles. The SMILES string of the molecule is CCC(C)c1ccc(OC(CC2(c3ccccc3)CCCCC2)OCCC2CCCCC2)c(C(C)=O)c1. The molecule has 3 nitrogen and oxygen atoms in total. The molecule has 202 valence electrons. The molecule has 0 radical (unpaired) electrons. The predicted octanol–water partition coefficient (Wildman–Crippen LogP) is 9.39. The summed E-state index contributed by atoms with van der Waals surface area (Å²) in [6, 6.07) is 17.2. The van der Waals surface area contributed by atoms with Gasteiger partial charge < -0.3 is 9.47 Å². The summed E-state index contributed by atoms with van der Waals surface area (Å²) in [7, 11) is 0. The highest BCUT2D eigenvalue weighted by Crippen LogP contribution is 2.44. The molecule has 0 spiro atoms. The third-order valence-electron chi connectivity index (χ3n) is 9.13. The number of rotatable bonds is 12. The fourth-order valence-electron chi connectivity index (χ4n) is 6.54. The standard InChI is InChI=1S/C34H48O3/c1-4-26(2)29-18-19-32(31(24-29)27(3)35)37-33(36-23-20-28-14-8-5-9-15-28)25-34(21-12-7-13-22-34)30-16-10-6-11-17-30/h6,10-11,16-19,24,26,28,33H,4-5,7-9,12-15,20-23,25H2,1-3H3. The molecule has 2 aliphatic carbocycles. The summed E-state index contributed by atoms with van der Waals surface area (Å²) < 4.78 is 13.3. The Labute approximate surface area is 225 Å². The van der Waals surface area contributed by atoms with Crippen LogP contribution in [-0.4, -0.2) is 18.7 Å². The van der Waals surface area contributed by atoms with Crippen LogP contribution in [0.5, 0.6) is 5.75 Å². The maximum atomic E-state index is 12.7. The second kappa shape index (κ2) is 13.6. The zero-order valence-corrected chi connectivity index (χ0v) is 23.5. The second-order valence-corrected chi connectivity index (χ2v) is 11.7. The van der Waals surface area contributed by atoms with Crippen molar-refractivity contribution in [2.75, 3.05) is 6.61 Å². The molecule has 2 unspecified atom stereocenters. The van der Waals surface area contributed by atoms with Crippen molar-refractivity contribution in [3.63, 3.8) is 0 Å². The quantitative estimate of drug-likeness (QED) is 0.213. The molecule has 0 aromatic heterocycles. The van der Waals surface area contributed by atoms with Gasteiger partial charge >= 0.3 is 0 Å². The van der Waals surface area contributed by atoms with Crippen molar-refractivity contribution in [2.45, 2.75) is 122 Å². The van der Waals surface area contributed by atoms with E-state index >= 15 is 0 Å². The highest BCUT2D eigenvalue weighted by Gasteiger charge is 2.37. The van der Waals surface area contributed by atoms with E-state index in [9.17, 15) is 4.79 Å². The van der Waals surface area contributed by atoms with Gasteiger partial charge in [0.05, 0.1) is 12.2 Å². The Hall–Kier alpha value is -2.13. The van der Waals surface area contributed by atoms with Crippen LogP contribution in [0.4, 0.5) is 0 Å². The van der Waals surface area contributed by atoms with Gasteiger partial charge in [-0.1, -0.05) is 102 Å². The number of ether oxygens (including phenoxy) is 2. The van der Waals surface area contributed by atoms with Gasteiger partial charge in [0, 0.05) is 11.8 Å². The zero-order chi connectivity index (χ0) is 26.1. The van der Waals surface area contributed by atoms with E-state index in [0.29, 0.717) is 17.2 Å². The van der Waals surface area contributed by atoms with Crippen LogP contribution < -0.4 is 4.74 Å². The second-order valence-electron chi connectivity index (χ2n) is 11.7. The van der Waals surface area contributed by atoms with E-state index in [1.807, 2.05) is 12.1 Å². The molecule has 2 fully saturated rings. The number of ketones is 1. The lowest BCUT2D eigenvalue weighted by molar-refractivity contribution is -0.103. The molecule has 2 atom stereocenters. The van der Waals surface area contributed by atoms with E-state index in [1.165, 1.54) is 62.5 Å². The monoisotopic (exact) mass is 504 g/mol. The van der Waals surface area contributed by atoms with Crippen molar-refractivity contribution in [3.05, 3.63) is 65.2 Å². The first-order chi connectivity index (χ1) is 18.0. The first kappa shape index (κ1) is 27.9. The van der Waals surface area contributed by atoms with Crippen molar-refractivity contribution in [1.29, 1.82) is 0 Å². The maximum absolute atomic E-state index is 12.7. The van der Waals surface area contributed by atoms with Crippen LogP contribution in [0.1, 0.15) is 132 Å². The molecule has 0 saturated heterocycles. The van der Waals surface area contributed by atoms with E-state index in [-0.39, 0.29) is 17.5 Å². The third-order valence-corrected chi connectivity index (χ3v) is 9.13. The lowest BCUT2D eigenvalue weighted by Gasteiger charge is -2.40. The number of hydrogen-bond acceptors (Lipinski definition) is 3. The van der Waals surface area contributed by atoms with E-state index in [2.05, 4.69) is 50.2 Å². The number of hydrogen-bond donors (Lipinski definition) is 0. The zero-order valence-electron chi connectivity index (χ0n) is 23.5. The number of carbonyl (C=O) groups excluding carboxylic acids is 1. The molecular weight excluding hydrogens is 456 g/mol. The molecule has 2 aromatic carbocycles. The predicted molar refractivity (Wildman–Crippen MR) is 153 cm³/mol. The summed E-state index contributed by atoms with van der Waals surface area (Å²) in [5.74, 6) is 1.91. The van der Waals surface area contributed by atoms with Crippen LogP contribution in [0.25, 0.3) is 0 Å². The van der Waals surface area contributed by atoms with E-state index in [4.69, 9.17) is 9.47 Å². The Kier molecular flexibility index (Phi) is 10.3. The van der Waals surface area contributed by atoms with E-state index in [1.54, 1.807) is 6.92 Å². The minimum absolute atomic E-state index is 0.0524. The Bertz CT molecular complexity index is 970. The summed E-state index contributed by atoms with van der Waals surface area (Å²) >= 11 is 0. The van der Waals surface area contributed by atoms with Gasteiger partial charge in [0.2, 0.25) is 6.29 Å². The molecule has 3 heteroatoms. The molecule has 2 aromatic rings. The van der Waals surface area contributed by atoms with Crippen molar-refractivity contribution >= 4 is 5.78 Å². The maximum Gasteiger partial charge on any atom is 0.200 e. The van der Waals surface area contributed by atoms with Crippen LogP contribution in [0.3, 0.4) is 0 Å². The van der Waals surface area contributed by atoms with Crippen LogP contribution >= 0.6 is 0 Å². The summed E-state index contributed by atoms with van der Waals surface area (Å²) in [6.45, 7) is 6.77. The molecule has 2 saturated carbocycles. The number of benzene rings is 2. The Morgan fingerprint density at radius 1 is 0.973 bits per heavy atom. The fourth-order valence-corrected chi connectivity index (χ4v) is 6.54. The van der Waals surface area contributed by atoms with Crippen molar-refractivity contribution in [1.82, 2.24) is 0 Å². The van der Waals surface area contributed by atoms with Gasteiger partial charge in [-0.05, 0) is 67.7 Å². The minimum atomic E-state index is -0.366. The third kappa shape index (κ3) is 7.47. The van der Waals surface area contributed by atoms with Crippen LogP contribution in [0.15, 0.2) is 48.5 Å². The lowest BCUT2D eigenvalue weighted by atomic mass is 9.67. The molecular formula is C34H48O3. The van der Waals surface area contributed by atoms with E-state index < -0.39 is 0 Å². The highest BCUT2D eigenvalue weighted by atomic mass is 16.7. The number of Topliss-reactive ketones (excluding diaryl/α,β-unsaturated/α-hetero) is 1. The molecule has 0 heterocycles. The van der Waals surface area contributed by atoms with Gasteiger partial charge in [0.25, 0.3) is 0 Å². The molecule has 0 N–H and O–H groups in total. The van der Waals surface area contributed by atoms with Crippen molar-refractivity contribution in [3.8, 4) is 5.75 Å². The van der Waals surface area contributed by atoms with Crippen LogP contribution in [-0.2, 0) is 10.2 Å². The minimum Gasteiger partial charge on any atom is -0.464 e. The topological polar surface area (TPSA) is 35.5 Å². The summed E-state index contributed by atoms with van der Waals surface area (Å²) in [4.78, 5) is 12.7. The number of carbonyl (C=O) groups is 1. The van der Waals surface area contributed by atoms with E-state index in [0.717, 1.165) is 44.6 Å². The lowest BCUT2D eigenvalue weighted by Crippen LogP contribution is -2.37. The average molecular weight is 505 g/mol. The molecule has 37 heavy (non-hydrogen) atoms. The molecule has 0 amide bonds. The molecule has 2 aliphatic rings. The highest BCUT2D eigenvalue weighted by molar-refractivity contribution is 5.97. The largest absolute Gasteiger partial charge is 0.464 e. The van der Waals surface area contributed by atoms with Crippen molar-refractivity contribution < 1.29 is 14.3 Å². The van der Waals surface area contributed by atoms with Crippen LogP contribution in [0.2, 0.25) is 0 Å². The first-order valence-electron chi connectivity index (χ1n) is 15.0. The molecule has 4 rings (SSSR count). The van der Waals surface area contributed by atoms with Gasteiger partial charge in [-0.15, -0.1) is 0 Å². The van der Waals surface area contributed by atoms with Gasteiger partial charge in [-0.25, -0.2) is 0 Å². The van der Waals surface area contributed by atoms with Gasteiger partial charge in [0.1, 0.15) is 5.75 Å².